The van der Waals surface area contributed by atoms with E-state index in [0.717, 1.165) is 0 Å². The summed E-state index contributed by atoms with van der Waals surface area (Å²) in [6.45, 7) is -1.71. The van der Waals surface area contributed by atoms with E-state index in [2.05, 4.69) is 5.32 Å². The molecule has 0 saturated carbocycles. The SMILES string of the molecule is Nc1c(I)c(NC(=O)CO)c(I)c(C(=O)C(O)NC(=O)[C@H](O)[C@@H](O)CO)c1I. The maximum atomic E-state index is 12.7. The number of ketones is 1. The first kappa shape index (κ1) is 25.7. The highest BCUT2D eigenvalue weighted by Crippen LogP contribution is 2.37. The fraction of sp³-hybridized carbons (Fsp3) is 0.357. The molecule has 28 heavy (non-hydrogen) atoms. The van der Waals surface area contributed by atoms with Gasteiger partial charge in [-0.15, -0.1) is 0 Å². The van der Waals surface area contributed by atoms with Gasteiger partial charge in [0.05, 0.1) is 27.1 Å². The third kappa shape index (κ3) is 5.83. The smallest absolute Gasteiger partial charge is 0.253 e. The number of carbonyl (C=O) groups is 3. The highest BCUT2D eigenvalue weighted by atomic mass is 127. The number of hydrogen-bond acceptors (Lipinski definition) is 9. The molecule has 156 valence electrons. The second-order valence-corrected chi connectivity index (χ2v) is 8.52. The lowest BCUT2D eigenvalue weighted by atomic mass is 10.1. The van der Waals surface area contributed by atoms with E-state index >= 15 is 0 Å². The zero-order valence-corrected chi connectivity index (χ0v) is 20.3. The average molecular weight is 735 g/mol. The highest BCUT2D eigenvalue weighted by Gasteiger charge is 2.31. The van der Waals surface area contributed by atoms with Crippen molar-refractivity contribution in [3.8, 4) is 0 Å². The minimum Gasteiger partial charge on any atom is -0.397 e. The number of benzene rings is 1. The Labute approximate surface area is 199 Å². The molecule has 1 aromatic rings. The standard InChI is InChI=1S/C14H16I3N3O8/c15-6-5(7(16)10(8(17)9(6)18)19-4(24)2-22)12(26)14(28)20-13(27)11(25)3(23)1-21/h3,11,14,21-23,25,28H,1-2,18H2,(H,19,24)(H,20,27)/t3-,11+,14?/m0/s1. The number of nitrogens with one attached hydrogen (secondary N) is 2. The van der Waals surface area contributed by atoms with Gasteiger partial charge in [-0.1, -0.05) is 0 Å². The first-order valence-electron chi connectivity index (χ1n) is 7.34. The molecule has 0 radical (unpaired) electrons. The van der Waals surface area contributed by atoms with Crippen molar-refractivity contribution in [1.29, 1.82) is 0 Å². The fourth-order valence-corrected chi connectivity index (χ4v) is 5.85. The van der Waals surface area contributed by atoms with Crippen molar-refractivity contribution in [3.05, 3.63) is 16.3 Å². The third-order valence-corrected chi connectivity index (χ3v) is 6.67. The maximum Gasteiger partial charge on any atom is 0.253 e. The molecule has 1 rings (SSSR count). The summed E-state index contributed by atoms with van der Waals surface area (Å²) in [4.78, 5) is 36.0. The number of anilines is 2. The van der Waals surface area contributed by atoms with E-state index in [1.807, 2.05) is 27.9 Å². The molecular formula is C14H16I3N3O8. The van der Waals surface area contributed by atoms with Gasteiger partial charge in [0.2, 0.25) is 11.7 Å². The number of rotatable bonds is 8. The molecular weight excluding hydrogens is 719 g/mol. The normalized spacial score (nSPS) is 14.1. The summed E-state index contributed by atoms with van der Waals surface area (Å²) in [5.74, 6) is -3.01. The summed E-state index contributed by atoms with van der Waals surface area (Å²) < 4.78 is 0.865. The second-order valence-electron chi connectivity index (χ2n) is 5.28. The van der Waals surface area contributed by atoms with Crippen molar-refractivity contribution in [3.63, 3.8) is 0 Å². The van der Waals surface area contributed by atoms with Crippen LogP contribution in [-0.4, -0.2) is 74.8 Å². The summed E-state index contributed by atoms with van der Waals surface area (Å²) >= 11 is 5.35. The summed E-state index contributed by atoms with van der Waals surface area (Å²) in [7, 11) is 0. The van der Waals surface area contributed by atoms with Crippen LogP contribution in [0, 0.1) is 10.7 Å². The summed E-state index contributed by atoms with van der Waals surface area (Å²) in [5, 5.41) is 50.7. The van der Waals surface area contributed by atoms with Gasteiger partial charge in [0.1, 0.15) is 12.7 Å². The van der Waals surface area contributed by atoms with E-state index in [-0.39, 0.29) is 24.1 Å². The van der Waals surface area contributed by atoms with Gasteiger partial charge in [-0.3, -0.25) is 14.4 Å². The number of Topliss-reactive ketones (excluding diaryl/α,β-unsaturated/α-hetero) is 1. The van der Waals surface area contributed by atoms with Gasteiger partial charge in [0.15, 0.2) is 12.3 Å². The number of nitrogen functional groups attached to an aromatic ring is 1. The molecule has 9 N–H and O–H groups in total. The van der Waals surface area contributed by atoms with Crippen molar-refractivity contribution in [1.82, 2.24) is 5.32 Å². The summed E-state index contributed by atoms with van der Waals surface area (Å²) in [6.07, 6.45) is -5.96. The molecule has 2 amide bonds. The third-order valence-electron chi connectivity index (χ3n) is 3.35. The highest BCUT2D eigenvalue weighted by molar-refractivity contribution is 14.1. The Morgan fingerprint density at radius 1 is 1.00 bits per heavy atom. The molecule has 1 unspecified atom stereocenters. The molecule has 0 aliphatic carbocycles. The molecule has 1 aromatic carbocycles. The number of nitrogens with two attached hydrogens (primary N) is 1. The van der Waals surface area contributed by atoms with Crippen LogP contribution in [0.2, 0.25) is 0 Å². The van der Waals surface area contributed by atoms with Gasteiger partial charge < -0.3 is 41.9 Å². The molecule has 0 fully saturated rings. The molecule has 0 aliphatic rings. The van der Waals surface area contributed by atoms with Crippen LogP contribution in [0.15, 0.2) is 0 Å². The van der Waals surface area contributed by atoms with Gasteiger partial charge >= 0.3 is 0 Å². The predicted octanol–water partition coefficient (Wildman–Crippen LogP) is -1.66. The van der Waals surface area contributed by atoms with Crippen molar-refractivity contribution in [2.75, 3.05) is 24.3 Å². The van der Waals surface area contributed by atoms with Crippen molar-refractivity contribution in [2.45, 2.75) is 18.4 Å². The van der Waals surface area contributed by atoms with Gasteiger partial charge in [-0.2, -0.15) is 0 Å². The Hall–Kier alpha value is -0.380. The van der Waals surface area contributed by atoms with Gasteiger partial charge in [0, 0.05) is 7.14 Å². The Morgan fingerprint density at radius 2 is 1.57 bits per heavy atom. The fourth-order valence-electron chi connectivity index (χ4n) is 1.89. The molecule has 0 aromatic heterocycles. The number of aliphatic hydroxyl groups is 5. The zero-order valence-electron chi connectivity index (χ0n) is 13.8. The monoisotopic (exact) mass is 735 g/mol. The molecule has 3 atom stereocenters. The Bertz CT molecular complexity index is 792. The number of halogens is 3. The number of carbonyl (C=O) groups excluding carboxylic acids is 3. The van der Waals surface area contributed by atoms with E-state index in [4.69, 9.17) is 15.9 Å². The van der Waals surface area contributed by atoms with E-state index in [1.54, 1.807) is 45.2 Å². The largest absolute Gasteiger partial charge is 0.397 e. The topological polar surface area (TPSA) is 202 Å². The number of amides is 2. The lowest BCUT2D eigenvalue weighted by molar-refractivity contribution is -0.139. The average Bonchev–Trinajstić information content (AvgIpc) is 2.67. The van der Waals surface area contributed by atoms with E-state index in [0.29, 0.717) is 3.57 Å². The maximum absolute atomic E-state index is 12.7. The van der Waals surface area contributed by atoms with Crippen molar-refractivity contribution >= 4 is 96.7 Å². The van der Waals surface area contributed by atoms with Crippen LogP contribution in [0.3, 0.4) is 0 Å². The van der Waals surface area contributed by atoms with E-state index in [9.17, 15) is 29.7 Å². The van der Waals surface area contributed by atoms with Crippen LogP contribution < -0.4 is 16.4 Å². The predicted molar refractivity (Wildman–Crippen MR) is 122 cm³/mol. The second kappa shape index (κ2) is 11.1. The van der Waals surface area contributed by atoms with Crippen LogP contribution in [0.5, 0.6) is 0 Å². The van der Waals surface area contributed by atoms with Crippen LogP contribution in [0.4, 0.5) is 11.4 Å². The molecule has 0 aliphatic heterocycles. The first-order chi connectivity index (χ1) is 13.0. The molecule has 0 spiro atoms. The minimum atomic E-state index is -2.10. The lowest BCUT2D eigenvalue weighted by Gasteiger charge is -2.21. The van der Waals surface area contributed by atoms with Gasteiger partial charge in [-0.25, -0.2) is 0 Å². The van der Waals surface area contributed by atoms with E-state index in [1.165, 1.54) is 0 Å². The quantitative estimate of drug-likeness (QED) is 0.0667. The van der Waals surface area contributed by atoms with Crippen LogP contribution in [0.1, 0.15) is 10.4 Å². The van der Waals surface area contributed by atoms with Crippen LogP contribution >= 0.6 is 67.8 Å². The van der Waals surface area contributed by atoms with E-state index < -0.39 is 49.2 Å². The summed E-state index contributed by atoms with van der Waals surface area (Å²) in [5.41, 5.74) is 6.14. The van der Waals surface area contributed by atoms with Gasteiger partial charge in [-0.05, 0) is 67.8 Å². The lowest BCUT2D eigenvalue weighted by Crippen LogP contribution is -2.50. The molecule has 14 heteroatoms. The minimum absolute atomic E-state index is 0.0997. The summed E-state index contributed by atoms with van der Waals surface area (Å²) in [6, 6.07) is 0. The molecule has 11 nitrogen and oxygen atoms in total. The number of hydrogen-bond donors (Lipinski definition) is 8. The number of aliphatic hydroxyl groups excluding tert-OH is 5. The van der Waals surface area contributed by atoms with Gasteiger partial charge in [0.25, 0.3) is 5.91 Å². The van der Waals surface area contributed by atoms with Crippen LogP contribution in [0.25, 0.3) is 0 Å². The Kier molecular flexibility index (Phi) is 10.2. The first-order valence-corrected chi connectivity index (χ1v) is 10.6. The molecule has 0 heterocycles. The zero-order chi connectivity index (χ0) is 21.8. The van der Waals surface area contributed by atoms with Crippen molar-refractivity contribution < 1.29 is 39.9 Å². The Balaban J connectivity index is 3.26. The van der Waals surface area contributed by atoms with Crippen LogP contribution in [-0.2, 0) is 9.59 Å². The Morgan fingerprint density at radius 3 is 2.07 bits per heavy atom. The van der Waals surface area contributed by atoms with Crippen molar-refractivity contribution in [2.24, 2.45) is 0 Å². The molecule has 0 saturated heterocycles. The molecule has 0 bridgehead atoms.